The standard InChI is InChI=1S/C13H10BrClN2O/c14-9-6-4-8(5-7-9)13(18)17-12-10(15)2-1-3-11(12)16/h1-7H,16H2,(H,17,18). The summed E-state index contributed by atoms with van der Waals surface area (Å²) in [6.45, 7) is 0. The SMILES string of the molecule is Nc1cccc(Cl)c1NC(=O)c1ccc(Br)cc1. The Balaban J connectivity index is 2.24. The third-order valence-electron chi connectivity index (χ3n) is 2.39. The number of nitrogens with one attached hydrogen (secondary N) is 1. The van der Waals surface area contributed by atoms with Crippen LogP contribution in [0.4, 0.5) is 11.4 Å². The molecule has 3 nitrogen and oxygen atoms in total. The molecule has 0 fully saturated rings. The molecule has 5 heteroatoms. The van der Waals surface area contributed by atoms with Crippen LogP contribution < -0.4 is 11.1 Å². The molecule has 2 aromatic rings. The predicted octanol–water partition coefficient (Wildman–Crippen LogP) is 3.94. The monoisotopic (exact) mass is 324 g/mol. The number of halogens is 2. The van der Waals surface area contributed by atoms with Crippen molar-refractivity contribution in [2.75, 3.05) is 11.1 Å². The molecule has 92 valence electrons. The topological polar surface area (TPSA) is 55.1 Å². The van der Waals surface area contributed by atoms with Gasteiger partial charge in [0.1, 0.15) is 0 Å². The molecule has 0 bridgehead atoms. The Bertz CT molecular complexity index is 564. The number of carbonyl (C=O) groups excluding carboxylic acids is 1. The molecule has 0 aromatic heterocycles. The first-order valence-corrected chi connectivity index (χ1v) is 6.36. The van der Waals surface area contributed by atoms with Crippen molar-refractivity contribution in [1.29, 1.82) is 0 Å². The summed E-state index contributed by atoms with van der Waals surface area (Å²) in [4.78, 5) is 12.0. The fraction of sp³-hybridized carbons (Fsp3) is 0. The Morgan fingerprint density at radius 3 is 2.44 bits per heavy atom. The highest BCUT2D eigenvalue weighted by molar-refractivity contribution is 9.10. The van der Waals surface area contributed by atoms with Crippen molar-refractivity contribution in [1.82, 2.24) is 0 Å². The number of nitrogen functional groups attached to an aromatic ring is 1. The maximum atomic E-state index is 12.0. The predicted molar refractivity (Wildman–Crippen MR) is 78.0 cm³/mol. The average molecular weight is 326 g/mol. The first-order valence-electron chi connectivity index (χ1n) is 5.19. The summed E-state index contributed by atoms with van der Waals surface area (Å²) in [6.07, 6.45) is 0. The second-order valence-electron chi connectivity index (χ2n) is 3.67. The molecule has 18 heavy (non-hydrogen) atoms. The van der Waals surface area contributed by atoms with Crippen LogP contribution in [0.5, 0.6) is 0 Å². The van der Waals surface area contributed by atoms with Gasteiger partial charge in [0, 0.05) is 10.0 Å². The van der Waals surface area contributed by atoms with Gasteiger partial charge in [-0.15, -0.1) is 0 Å². The first kappa shape index (κ1) is 12.9. The van der Waals surface area contributed by atoms with Crippen molar-refractivity contribution in [2.45, 2.75) is 0 Å². The fourth-order valence-corrected chi connectivity index (χ4v) is 1.95. The Morgan fingerprint density at radius 2 is 1.83 bits per heavy atom. The molecule has 0 spiro atoms. The van der Waals surface area contributed by atoms with E-state index in [9.17, 15) is 4.79 Å². The molecule has 0 aliphatic heterocycles. The van der Waals surface area contributed by atoms with E-state index in [1.807, 2.05) is 0 Å². The van der Waals surface area contributed by atoms with Crippen LogP contribution >= 0.6 is 27.5 Å². The molecule has 0 radical (unpaired) electrons. The zero-order chi connectivity index (χ0) is 13.1. The van der Waals surface area contributed by atoms with E-state index in [0.29, 0.717) is 22.0 Å². The molecule has 0 aliphatic rings. The molecule has 0 atom stereocenters. The minimum absolute atomic E-state index is 0.248. The fourth-order valence-electron chi connectivity index (χ4n) is 1.46. The van der Waals surface area contributed by atoms with Crippen LogP contribution in [-0.4, -0.2) is 5.91 Å². The second-order valence-corrected chi connectivity index (χ2v) is 4.99. The minimum Gasteiger partial charge on any atom is -0.397 e. The number of amides is 1. The number of hydrogen-bond donors (Lipinski definition) is 2. The van der Waals surface area contributed by atoms with E-state index in [2.05, 4.69) is 21.2 Å². The molecule has 0 unspecified atom stereocenters. The summed E-state index contributed by atoms with van der Waals surface area (Å²) in [5.41, 5.74) is 7.18. The van der Waals surface area contributed by atoms with Gasteiger partial charge < -0.3 is 11.1 Å². The Labute approximate surface area is 118 Å². The van der Waals surface area contributed by atoms with Crippen molar-refractivity contribution in [3.8, 4) is 0 Å². The summed E-state index contributed by atoms with van der Waals surface area (Å²) < 4.78 is 0.913. The molecule has 2 rings (SSSR count). The summed E-state index contributed by atoms with van der Waals surface area (Å²) in [6, 6.07) is 12.1. The van der Waals surface area contributed by atoms with Crippen LogP contribution in [0, 0.1) is 0 Å². The van der Waals surface area contributed by atoms with E-state index in [-0.39, 0.29) is 5.91 Å². The van der Waals surface area contributed by atoms with E-state index >= 15 is 0 Å². The second kappa shape index (κ2) is 5.42. The Morgan fingerprint density at radius 1 is 1.17 bits per heavy atom. The van der Waals surface area contributed by atoms with Crippen LogP contribution in [0.25, 0.3) is 0 Å². The molecule has 0 saturated heterocycles. The molecular weight excluding hydrogens is 316 g/mol. The van der Waals surface area contributed by atoms with Gasteiger partial charge in [0.2, 0.25) is 0 Å². The van der Waals surface area contributed by atoms with Gasteiger partial charge in [-0.3, -0.25) is 4.79 Å². The number of rotatable bonds is 2. The average Bonchev–Trinajstić information content (AvgIpc) is 2.34. The smallest absolute Gasteiger partial charge is 0.255 e. The molecule has 3 N–H and O–H groups in total. The number of hydrogen-bond acceptors (Lipinski definition) is 2. The highest BCUT2D eigenvalue weighted by Crippen LogP contribution is 2.28. The molecule has 0 saturated carbocycles. The normalized spacial score (nSPS) is 10.1. The third kappa shape index (κ3) is 2.83. The van der Waals surface area contributed by atoms with Gasteiger partial charge in [-0.1, -0.05) is 33.6 Å². The lowest BCUT2D eigenvalue weighted by molar-refractivity contribution is 0.102. The van der Waals surface area contributed by atoms with Gasteiger partial charge in [0.25, 0.3) is 5.91 Å². The maximum Gasteiger partial charge on any atom is 0.255 e. The van der Waals surface area contributed by atoms with E-state index in [0.717, 1.165) is 4.47 Å². The number of anilines is 2. The lowest BCUT2D eigenvalue weighted by atomic mass is 10.2. The van der Waals surface area contributed by atoms with Crippen molar-refractivity contribution in [2.24, 2.45) is 0 Å². The van der Waals surface area contributed by atoms with Gasteiger partial charge in [-0.2, -0.15) is 0 Å². The van der Waals surface area contributed by atoms with E-state index in [1.54, 1.807) is 42.5 Å². The van der Waals surface area contributed by atoms with Crippen LogP contribution in [0.3, 0.4) is 0 Å². The van der Waals surface area contributed by atoms with E-state index in [4.69, 9.17) is 17.3 Å². The van der Waals surface area contributed by atoms with Crippen molar-refractivity contribution >= 4 is 44.8 Å². The van der Waals surface area contributed by atoms with Gasteiger partial charge in [-0.25, -0.2) is 0 Å². The number of carbonyl (C=O) groups is 1. The van der Waals surface area contributed by atoms with Crippen LogP contribution in [0.1, 0.15) is 10.4 Å². The summed E-state index contributed by atoms with van der Waals surface area (Å²) in [5, 5.41) is 3.12. The quantitative estimate of drug-likeness (QED) is 0.822. The molecule has 0 aliphatic carbocycles. The van der Waals surface area contributed by atoms with Crippen LogP contribution in [0.15, 0.2) is 46.9 Å². The zero-order valence-electron chi connectivity index (χ0n) is 9.28. The van der Waals surface area contributed by atoms with E-state index < -0.39 is 0 Å². The number of para-hydroxylation sites is 1. The lowest BCUT2D eigenvalue weighted by Crippen LogP contribution is -2.13. The van der Waals surface area contributed by atoms with Gasteiger partial charge in [0.15, 0.2) is 0 Å². The molecule has 1 amide bonds. The minimum atomic E-state index is -0.248. The van der Waals surface area contributed by atoms with Crippen molar-refractivity contribution in [3.05, 3.63) is 57.5 Å². The third-order valence-corrected chi connectivity index (χ3v) is 3.23. The van der Waals surface area contributed by atoms with Gasteiger partial charge >= 0.3 is 0 Å². The number of benzene rings is 2. The van der Waals surface area contributed by atoms with Crippen LogP contribution in [0.2, 0.25) is 5.02 Å². The van der Waals surface area contributed by atoms with Gasteiger partial charge in [0.05, 0.1) is 16.4 Å². The number of nitrogens with two attached hydrogens (primary N) is 1. The molecule has 0 heterocycles. The summed E-state index contributed by atoms with van der Waals surface area (Å²) in [5.74, 6) is -0.248. The largest absolute Gasteiger partial charge is 0.397 e. The molecular formula is C13H10BrClN2O. The summed E-state index contributed by atoms with van der Waals surface area (Å²) in [7, 11) is 0. The van der Waals surface area contributed by atoms with Gasteiger partial charge in [-0.05, 0) is 36.4 Å². The molecule has 2 aromatic carbocycles. The van der Waals surface area contributed by atoms with Crippen LogP contribution in [-0.2, 0) is 0 Å². The Kier molecular flexibility index (Phi) is 3.89. The van der Waals surface area contributed by atoms with Crippen molar-refractivity contribution < 1.29 is 4.79 Å². The lowest BCUT2D eigenvalue weighted by Gasteiger charge is -2.09. The van der Waals surface area contributed by atoms with Crippen molar-refractivity contribution in [3.63, 3.8) is 0 Å². The zero-order valence-corrected chi connectivity index (χ0v) is 11.6. The first-order chi connectivity index (χ1) is 8.58. The maximum absolute atomic E-state index is 12.0. The Hall–Kier alpha value is -1.52. The highest BCUT2D eigenvalue weighted by Gasteiger charge is 2.10. The highest BCUT2D eigenvalue weighted by atomic mass is 79.9. The van der Waals surface area contributed by atoms with E-state index in [1.165, 1.54) is 0 Å². The summed E-state index contributed by atoms with van der Waals surface area (Å²) >= 11 is 9.30.